The predicted octanol–water partition coefficient (Wildman–Crippen LogP) is 4.56. The lowest BCUT2D eigenvalue weighted by Crippen LogP contribution is -2.30. The van der Waals surface area contributed by atoms with Crippen molar-refractivity contribution in [3.8, 4) is 28.4 Å². The molecule has 188 valence electrons. The smallest absolute Gasteiger partial charge is 0.270 e. The molecule has 8 nitrogen and oxygen atoms in total. The number of thioether (sulfide) groups is 1. The lowest BCUT2D eigenvalue weighted by Gasteiger charge is -2.20. The number of halogens is 1. The Morgan fingerprint density at radius 2 is 1.89 bits per heavy atom. The van der Waals surface area contributed by atoms with E-state index in [1.807, 2.05) is 24.5 Å². The van der Waals surface area contributed by atoms with Gasteiger partial charge in [0.2, 0.25) is 5.75 Å². The summed E-state index contributed by atoms with van der Waals surface area (Å²) >= 11 is 4.74. The summed E-state index contributed by atoms with van der Waals surface area (Å²) < 4.78 is 17.0. The molecule has 0 bridgehead atoms. The molecule has 1 heterocycles. The van der Waals surface area contributed by atoms with Crippen LogP contribution in [0.3, 0.4) is 0 Å². The van der Waals surface area contributed by atoms with Gasteiger partial charge >= 0.3 is 0 Å². The van der Waals surface area contributed by atoms with Gasteiger partial charge in [-0.3, -0.25) is 9.59 Å². The number of nitrogens with zero attached hydrogens (tertiary/aromatic N) is 2. The van der Waals surface area contributed by atoms with Crippen LogP contribution in [-0.2, 0) is 11.8 Å². The number of amides is 1. The highest BCUT2D eigenvalue weighted by molar-refractivity contribution is 9.08. The summed E-state index contributed by atoms with van der Waals surface area (Å²) in [5.41, 5.74) is 4.11. The molecule has 4 rings (SSSR count). The highest BCUT2D eigenvalue weighted by Gasteiger charge is 2.30. The molecule has 0 saturated carbocycles. The first kappa shape index (κ1) is 26.0. The standard InChI is InChI=1S/C26H26BrN3O5S/c1-33-21-9-14-5-7-18(30-26(32)19-10-15(12-27)28-13-29-19)17-11-20(31)22(36-4)8-6-16(17)23(14)25(35-3)24(21)34-2/h6,8-11,13,18H,5,7,12H2,1-4H3,(H,30,32)/t18-/m0/s1. The number of alkyl halides is 1. The van der Waals surface area contributed by atoms with Crippen LogP contribution in [0.5, 0.6) is 17.2 Å². The molecule has 0 unspecified atom stereocenters. The Morgan fingerprint density at radius 1 is 1.11 bits per heavy atom. The lowest BCUT2D eigenvalue weighted by molar-refractivity contribution is 0.0929. The number of ether oxygens (including phenoxy) is 3. The molecule has 0 saturated heterocycles. The molecule has 1 aliphatic rings. The van der Waals surface area contributed by atoms with Gasteiger partial charge in [-0.1, -0.05) is 22.0 Å². The van der Waals surface area contributed by atoms with Crippen molar-refractivity contribution in [2.75, 3.05) is 27.6 Å². The quantitative estimate of drug-likeness (QED) is 0.325. The van der Waals surface area contributed by atoms with Gasteiger partial charge in [0.05, 0.1) is 38.0 Å². The van der Waals surface area contributed by atoms with E-state index in [2.05, 4.69) is 31.2 Å². The molecule has 1 aromatic heterocycles. The minimum Gasteiger partial charge on any atom is -0.493 e. The van der Waals surface area contributed by atoms with Crippen LogP contribution in [0.2, 0.25) is 0 Å². The fraction of sp³-hybridized carbons (Fsp3) is 0.308. The van der Waals surface area contributed by atoms with E-state index < -0.39 is 6.04 Å². The van der Waals surface area contributed by atoms with Gasteiger partial charge < -0.3 is 19.5 Å². The maximum absolute atomic E-state index is 13.2. The second-order valence-corrected chi connectivity index (χ2v) is 9.46. The van der Waals surface area contributed by atoms with E-state index in [0.29, 0.717) is 51.6 Å². The van der Waals surface area contributed by atoms with Gasteiger partial charge in [-0.05, 0) is 60.1 Å². The van der Waals surface area contributed by atoms with E-state index in [4.69, 9.17) is 14.2 Å². The highest BCUT2D eigenvalue weighted by atomic mass is 79.9. The fourth-order valence-corrected chi connectivity index (χ4v) is 5.21. The van der Waals surface area contributed by atoms with Crippen molar-refractivity contribution in [2.45, 2.75) is 29.1 Å². The Balaban J connectivity index is 1.91. The Bertz CT molecular complexity index is 1370. The van der Waals surface area contributed by atoms with Crippen molar-refractivity contribution >= 4 is 33.6 Å². The van der Waals surface area contributed by atoms with Gasteiger partial charge in [0.1, 0.15) is 12.0 Å². The van der Waals surface area contributed by atoms with Crippen molar-refractivity contribution in [3.63, 3.8) is 0 Å². The summed E-state index contributed by atoms with van der Waals surface area (Å²) in [6, 6.07) is 8.46. The zero-order chi connectivity index (χ0) is 25.8. The van der Waals surface area contributed by atoms with Crippen molar-refractivity contribution in [1.29, 1.82) is 0 Å². The summed E-state index contributed by atoms with van der Waals surface area (Å²) in [6.45, 7) is 0. The van der Waals surface area contributed by atoms with E-state index in [9.17, 15) is 9.59 Å². The number of carbonyl (C=O) groups is 1. The van der Waals surface area contributed by atoms with Crippen molar-refractivity contribution in [2.24, 2.45) is 0 Å². The number of carbonyl (C=O) groups excluding carboxylic acids is 1. The average Bonchev–Trinajstić information content (AvgIpc) is 3.15. The third-order valence-electron chi connectivity index (χ3n) is 6.12. The Hall–Kier alpha value is -3.11. The van der Waals surface area contributed by atoms with Crippen LogP contribution in [0.25, 0.3) is 11.1 Å². The first-order valence-corrected chi connectivity index (χ1v) is 13.5. The number of hydrogen-bond acceptors (Lipinski definition) is 8. The number of methoxy groups -OCH3 is 3. The zero-order valence-corrected chi connectivity index (χ0v) is 22.8. The number of fused-ring (bicyclic) bond motifs is 3. The number of rotatable bonds is 7. The van der Waals surface area contributed by atoms with Crippen LogP contribution in [0.1, 0.15) is 39.8 Å². The first-order chi connectivity index (χ1) is 17.4. The Labute approximate surface area is 221 Å². The van der Waals surface area contributed by atoms with Gasteiger partial charge in [-0.25, -0.2) is 9.97 Å². The monoisotopic (exact) mass is 571 g/mol. The van der Waals surface area contributed by atoms with Gasteiger partial charge in [0, 0.05) is 10.9 Å². The number of hydrogen-bond donors (Lipinski definition) is 1. The molecular formula is C26H26BrN3O5S. The Morgan fingerprint density at radius 3 is 2.56 bits per heavy atom. The molecule has 1 atom stereocenters. The highest BCUT2D eigenvalue weighted by Crippen LogP contribution is 2.50. The van der Waals surface area contributed by atoms with Crippen LogP contribution in [0, 0.1) is 0 Å². The van der Waals surface area contributed by atoms with Gasteiger partial charge in [-0.15, -0.1) is 11.8 Å². The molecule has 1 N–H and O–H groups in total. The average molecular weight is 572 g/mol. The molecule has 0 fully saturated rings. The van der Waals surface area contributed by atoms with Crippen LogP contribution in [0.4, 0.5) is 0 Å². The molecule has 2 aromatic carbocycles. The zero-order valence-electron chi connectivity index (χ0n) is 20.4. The van der Waals surface area contributed by atoms with Crippen LogP contribution in [-0.4, -0.2) is 43.5 Å². The lowest BCUT2D eigenvalue weighted by atomic mass is 9.95. The number of aryl methyl sites for hydroxylation is 1. The summed E-state index contributed by atoms with van der Waals surface area (Å²) in [5.74, 6) is 1.19. The Kier molecular flexibility index (Phi) is 8.15. The maximum Gasteiger partial charge on any atom is 0.270 e. The van der Waals surface area contributed by atoms with Crippen molar-refractivity contribution in [3.05, 3.63) is 69.4 Å². The predicted molar refractivity (Wildman–Crippen MR) is 143 cm³/mol. The van der Waals surface area contributed by atoms with Crippen LogP contribution >= 0.6 is 27.7 Å². The number of nitrogens with one attached hydrogen (secondary N) is 1. The second-order valence-electron chi connectivity index (χ2n) is 8.05. The molecule has 1 aliphatic carbocycles. The molecule has 0 spiro atoms. The molecule has 10 heteroatoms. The summed E-state index contributed by atoms with van der Waals surface area (Å²) in [6.07, 6.45) is 4.39. The van der Waals surface area contributed by atoms with E-state index >= 15 is 0 Å². The van der Waals surface area contributed by atoms with Crippen LogP contribution in [0.15, 0.2) is 46.3 Å². The minimum atomic E-state index is -0.446. The normalized spacial score (nSPS) is 14.2. The third kappa shape index (κ3) is 4.92. The summed E-state index contributed by atoms with van der Waals surface area (Å²) in [7, 11) is 4.71. The van der Waals surface area contributed by atoms with Crippen molar-refractivity contribution in [1.82, 2.24) is 15.3 Å². The fourth-order valence-electron chi connectivity index (χ4n) is 4.44. The van der Waals surface area contributed by atoms with E-state index in [1.165, 1.54) is 18.1 Å². The summed E-state index contributed by atoms with van der Waals surface area (Å²) in [5, 5.41) is 3.60. The van der Waals surface area contributed by atoms with Gasteiger partial charge in [-0.2, -0.15) is 0 Å². The molecule has 1 amide bonds. The third-order valence-corrected chi connectivity index (χ3v) is 7.47. The van der Waals surface area contributed by atoms with E-state index in [0.717, 1.165) is 16.7 Å². The first-order valence-electron chi connectivity index (χ1n) is 11.2. The minimum absolute atomic E-state index is 0.116. The maximum atomic E-state index is 13.2. The van der Waals surface area contributed by atoms with E-state index in [-0.39, 0.29) is 17.0 Å². The number of aromatic nitrogens is 2. The molecule has 0 aliphatic heterocycles. The molecule has 3 aromatic rings. The molecule has 36 heavy (non-hydrogen) atoms. The van der Waals surface area contributed by atoms with Gasteiger partial charge in [0.15, 0.2) is 16.9 Å². The van der Waals surface area contributed by atoms with Crippen molar-refractivity contribution < 1.29 is 19.0 Å². The van der Waals surface area contributed by atoms with Gasteiger partial charge in [0.25, 0.3) is 5.91 Å². The molecular weight excluding hydrogens is 546 g/mol. The summed E-state index contributed by atoms with van der Waals surface area (Å²) in [4.78, 5) is 35.2. The largest absolute Gasteiger partial charge is 0.493 e. The van der Waals surface area contributed by atoms with Crippen LogP contribution < -0.4 is 25.0 Å². The van der Waals surface area contributed by atoms with E-state index in [1.54, 1.807) is 33.5 Å². The second kappa shape index (κ2) is 11.3. The SMILES string of the molecule is COc1cc2c(c(OC)c1OC)-c1ccc(SC)c(=O)cc1[C@@H](NC(=O)c1cc(CBr)ncn1)CC2. The number of benzene rings is 1. The topological polar surface area (TPSA) is 99.6 Å². The molecule has 0 radical (unpaired) electrons.